The van der Waals surface area contributed by atoms with E-state index in [0.717, 1.165) is 54.7 Å². The van der Waals surface area contributed by atoms with Crippen molar-refractivity contribution in [2.24, 2.45) is 0 Å². The van der Waals surface area contributed by atoms with Gasteiger partial charge in [-0.2, -0.15) is 0 Å². The first-order chi connectivity index (χ1) is 11.7. The van der Waals surface area contributed by atoms with Gasteiger partial charge in [-0.1, -0.05) is 18.6 Å². The molecule has 2 N–H and O–H groups in total. The summed E-state index contributed by atoms with van der Waals surface area (Å²) in [6.45, 7) is 0.374. The van der Waals surface area contributed by atoms with E-state index in [1.807, 2.05) is 24.3 Å². The number of carbonyl (C=O) groups excluding carboxylic acids is 1. The second-order valence-corrected chi connectivity index (χ2v) is 6.08. The molecule has 0 fully saturated rings. The van der Waals surface area contributed by atoms with Crippen molar-refractivity contribution in [3.63, 3.8) is 0 Å². The largest absolute Gasteiger partial charge is 0.497 e. The van der Waals surface area contributed by atoms with Crippen LogP contribution in [0.4, 0.5) is 0 Å². The number of aryl methyl sites for hydroxylation is 1. The summed E-state index contributed by atoms with van der Waals surface area (Å²) in [5, 5.41) is 2.82. The average Bonchev–Trinajstić information content (AvgIpc) is 2.86. The molecule has 126 valence electrons. The molecule has 24 heavy (non-hydrogen) atoms. The number of pyridine rings is 1. The molecule has 0 atom stereocenters. The first kappa shape index (κ1) is 16.3. The first-order valence-electron chi connectivity index (χ1n) is 8.33. The topological polar surface area (TPSA) is 71.2 Å². The Labute approximate surface area is 141 Å². The van der Waals surface area contributed by atoms with Crippen LogP contribution < -0.4 is 15.5 Å². The van der Waals surface area contributed by atoms with Gasteiger partial charge in [0.1, 0.15) is 11.3 Å². The summed E-state index contributed by atoms with van der Waals surface area (Å²) in [4.78, 5) is 28.1. The van der Waals surface area contributed by atoms with Crippen molar-refractivity contribution in [1.82, 2.24) is 10.3 Å². The fraction of sp³-hybridized carbons (Fsp3) is 0.368. The number of benzene rings is 1. The predicted octanol–water partition coefficient (Wildman–Crippen LogP) is 2.58. The van der Waals surface area contributed by atoms with Crippen LogP contribution in [0.2, 0.25) is 0 Å². The highest BCUT2D eigenvalue weighted by Gasteiger charge is 2.18. The number of methoxy groups -OCH3 is 1. The Morgan fingerprint density at radius 3 is 2.67 bits per heavy atom. The number of aromatic amines is 1. The summed E-state index contributed by atoms with van der Waals surface area (Å²) >= 11 is 0. The smallest absolute Gasteiger partial charge is 0.257 e. The van der Waals surface area contributed by atoms with E-state index in [1.54, 1.807) is 13.3 Å². The fourth-order valence-corrected chi connectivity index (χ4v) is 3.07. The lowest BCUT2D eigenvalue weighted by Gasteiger charge is -2.09. The number of fused-ring (bicyclic) bond motifs is 1. The normalized spacial score (nSPS) is 13.7. The lowest BCUT2D eigenvalue weighted by Crippen LogP contribution is -2.30. The van der Waals surface area contributed by atoms with Crippen molar-refractivity contribution in [2.75, 3.05) is 7.11 Å². The van der Waals surface area contributed by atoms with Crippen molar-refractivity contribution < 1.29 is 9.53 Å². The van der Waals surface area contributed by atoms with E-state index in [2.05, 4.69) is 10.3 Å². The van der Waals surface area contributed by atoms with Crippen molar-refractivity contribution in [2.45, 2.75) is 38.6 Å². The number of amides is 1. The molecule has 0 radical (unpaired) electrons. The zero-order valence-electron chi connectivity index (χ0n) is 13.9. The molecule has 1 aromatic carbocycles. The first-order valence-corrected chi connectivity index (χ1v) is 8.33. The van der Waals surface area contributed by atoms with Gasteiger partial charge in [0, 0.05) is 24.0 Å². The fourth-order valence-electron chi connectivity index (χ4n) is 3.07. The molecule has 5 heteroatoms. The van der Waals surface area contributed by atoms with Gasteiger partial charge in [-0.15, -0.1) is 0 Å². The van der Waals surface area contributed by atoms with Gasteiger partial charge in [-0.3, -0.25) is 9.59 Å². The Balaban J connectivity index is 1.73. The molecule has 1 aromatic heterocycles. The molecule has 0 spiro atoms. The van der Waals surface area contributed by atoms with E-state index >= 15 is 0 Å². The molecular weight excluding hydrogens is 304 g/mol. The number of hydrogen-bond acceptors (Lipinski definition) is 3. The van der Waals surface area contributed by atoms with Gasteiger partial charge in [0.05, 0.1) is 7.11 Å². The quantitative estimate of drug-likeness (QED) is 0.848. The van der Waals surface area contributed by atoms with E-state index in [-0.39, 0.29) is 16.9 Å². The van der Waals surface area contributed by atoms with Gasteiger partial charge >= 0.3 is 0 Å². The maximum atomic E-state index is 12.6. The number of hydrogen-bond donors (Lipinski definition) is 2. The van der Waals surface area contributed by atoms with Crippen LogP contribution in [0.15, 0.2) is 35.3 Å². The Morgan fingerprint density at radius 2 is 1.92 bits per heavy atom. The van der Waals surface area contributed by atoms with Crippen LogP contribution in [0.1, 0.15) is 46.4 Å². The molecule has 1 heterocycles. The van der Waals surface area contributed by atoms with E-state index in [1.165, 1.54) is 0 Å². The number of rotatable bonds is 4. The van der Waals surface area contributed by atoms with E-state index in [0.29, 0.717) is 6.54 Å². The highest BCUT2D eigenvalue weighted by molar-refractivity contribution is 5.94. The van der Waals surface area contributed by atoms with Crippen LogP contribution in [-0.2, 0) is 19.4 Å². The average molecular weight is 326 g/mol. The minimum absolute atomic E-state index is 0.127. The second-order valence-electron chi connectivity index (χ2n) is 6.08. The zero-order valence-corrected chi connectivity index (χ0v) is 13.9. The molecule has 3 rings (SSSR count). The third kappa shape index (κ3) is 3.50. The number of nitrogens with one attached hydrogen (secondary N) is 2. The molecule has 0 unspecified atom stereocenters. The minimum atomic E-state index is -0.334. The molecule has 1 aliphatic rings. The van der Waals surface area contributed by atoms with Crippen molar-refractivity contribution in [3.8, 4) is 5.75 Å². The molecule has 0 saturated carbocycles. The number of carbonyl (C=O) groups is 1. The van der Waals surface area contributed by atoms with E-state index in [4.69, 9.17) is 4.74 Å². The molecule has 1 aliphatic carbocycles. The van der Waals surface area contributed by atoms with Crippen LogP contribution in [0, 0.1) is 0 Å². The summed E-state index contributed by atoms with van der Waals surface area (Å²) in [5.41, 5.74) is 2.80. The van der Waals surface area contributed by atoms with Crippen LogP contribution >= 0.6 is 0 Å². The van der Waals surface area contributed by atoms with Crippen LogP contribution in [0.5, 0.6) is 5.75 Å². The molecule has 0 bridgehead atoms. The number of H-pyrrole nitrogens is 1. The predicted molar refractivity (Wildman–Crippen MR) is 92.5 cm³/mol. The molecule has 2 aromatic rings. The molecule has 1 amide bonds. The van der Waals surface area contributed by atoms with Crippen molar-refractivity contribution >= 4 is 5.91 Å². The SMILES string of the molecule is COc1ccc(CNC(=O)c2c[nH]c3c(c2=O)CCCCC3)cc1. The van der Waals surface area contributed by atoms with Gasteiger partial charge in [-0.25, -0.2) is 0 Å². The standard InChI is InChI=1S/C19H22N2O3/c1-24-14-9-7-13(8-10-14)11-21-19(23)16-12-20-17-6-4-2-3-5-15(17)18(16)22/h7-10,12H,2-6,11H2,1H3,(H,20,22)(H,21,23). The van der Waals surface area contributed by atoms with Crippen LogP contribution in [0.3, 0.4) is 0 Å². The van der Waals surface area contributed by atoms with Gasteiger partial charge in [0.2, 0.25) is 0 Å². The maximum Gasteiger partial charge on any atom is 0.257 e. The van der Waals surface area contributed by atoms with Gasteiger partial charge in [0.25, 0.3) is 5.91 Å². The number of ether oxygens (including phenoxy) is 1. The van der Waals surface area contributed by atoms with Crippen LogP contribution in [-0.4, -0.2) is 18.0 Å². The summed E-state index contributed by atoms with van der Waals surface area (Å²) in [5.74, 6) is 0.436. The Morgan fingerprint density at radius 1 is 1.17 bits per heavy atom. The zero-order chi connectivity index (χ0) is 16.9. The van der Waals surface area contributed by atoms with Gasteiger partial charge < -0.3 is 15.0 Å². The molecule has 0 saturated heterocycles. The Kier molecular flexibility index (Phi) is 4.99. The van der Waals surface area contributed by atoms with E-state index in [9.17, 15) is 9.59 Å². The Hall–Kier alpha value is -2.56. The van der Waals surface area contributed by atoms with Crippen LogP contribution in [0.25, 0.3) is 0 Å². The van der Waals surface area contributed by atoms with E-state index < -0.39 is 0 Å². The Bertz CT molecular complexity index is 778. The minimum Gasteiger partial charge on any atom is -0.497 e. The highest BCUT2D eigenvalue weighted by Crippen LogP contribution is 2.16. The monoisotopic (exact) mass is 326 g/mol. The van der Waals surface area contributed by atoms with Gasteiger partial charge in [0.15, 0.2) is 5.43 Å². The van der Waals surface area contributed by atoms with Crippen molar-refractivity contribution in [3.05, 3.63) is 63.1 Å². The summed E-state index contributed by atoms with van der Waals surface area (Å²) in [7, 11) is 1.61. The summed E-state index contributed by atoms with van der Waals surface area (Å²) in [6, 6.07) is 7.47. The second kappa shape index (κ2) is 7.34. The third-order valence-corrected chi connectivity index (χ3v) is 4.48. The third-order valence-electron chi connectivity index (χ3n) is 4.48. The molecular formula is C19H22N2O3. The maximum absolute atomic E-state index is 12.6. The lowest BCUT2D eigenvalue weighted by atomic mass is 10.1. The molecule has 0 aliphatic heterocycles. The van der Waals surface area contributed by atoms with Crippen molar-refractivity contribution in [1.29, 1.82) is 0 Å². The number of aromatic nitrogens is 1. The molecule has 5 nitrogen and oxygen atoms in total. The summed E-state index contributed by atoms with van der Waals surface area (Å²) < 4.78 is 5.11. The van der Waals surface area contributed by atoms with Gasteiger partial charge in [-0.05, 0) is 43.4 Å². The lowest BCUT2D eigenvalue weighted by molar-refractivity contribution is 0.0949. The highest BCUT2D eigenvalue weighted by atomic mass is 16.5. The summed E-state index contributed by atoms with van der Waals surface area (Å²) in [6.07, 6.45) is 6.42.